The van der Waals surface area contributed by atoms with Gasteiger partial charge in [-0.15, -0.1) is 0 Å². The molecule has 1 fully saturated rings. The molecule has 0 radical (unpaired) electrons. The molecule has 1 aromatic rings. The average Bonchev–Trinajstić information content (AvgIpc) is 2.53. The number of benzene rings is 1. The molecule has 2 atom stereocenters. The van der Waals surface area contributed by atoms with E-state index in [0.717, 1.165) is 17.7 Å². The second kappa shape index (κ2) is 3.77. The Labute approximate surface area is 96.2 Å². The van der Waals surface area contributed by atoms with Crippen LogP contribution in [0.2, 0.25) is 0 Å². The van der Waals surface area contributed by atoms with Gasteiger partial charge in [0.1, 0.15) is 11.9 Å². The molecule has 1 N–H and O–H groups in total. The molecule has 1 aliphatic heterocycles. The minimum atomic E-state index is -0.269. The van der Waals surface area contributed by atoms with E-state index in [1.807, 2.05) is 12.1 Å². The lowest BCUT2D eigenvalue weighted by molar-refractivity contribution is 0.0620. The Balaban J connectivity index is 1.84. The van der Waals surface area contributed by atoms with Crippen LogP contribution in [0.3, 0.4) is 0 Å². The Morgan fingerprint density at radius 1 is 1.38 bits per heavy atom. The topological polar surface area (TPSA) is 29.5 Å². The van der Waals surface area contributed by atoms with Gasteiger partial charge < -0.3 is 9.84 Å². The largest absolute Gasteiger partial charge is 0.490 e. The van der Waals surface area contributed by atoms with Gasteiger partial charge >= 0.3 is 0 Å². The zero-order chi connectivity index (χ0) is 11.1. The average molecular weight is 218 g/mol. The van der Waals surface area contributed by atoms with Crippen molar-refractivity contribution in [1.82, 2.24) is 0 Å². The first kappa shape index (κ1) is 10.2. The number of hydrogen-bond acceptors (Lipinski definition) is 2. The molecule has 2 nitrogen and oxygen atoms in total. The molecule has 1 heterocycles. The zero-order valence-corrected chi connectivity index (χ0v) is 9.65. The number of fused-ring (bicyclic) bond motifs is 1. The molecular weight excluding hydrogens is 200 g/mol. The van der Waals surface area contributed by atoms with Gasteiger partial charge in [-0.3, -0.25) is 0 Å². The van der Waals surface area contributed by atoms with Crippen molar-refractivity contribution >= 4 is 0 Å². The van der Waals surface area contributed by atoms with E-state index in [0.29, 0.717) is 5.92 Å². The Hall–Kier alpha value is -1.02. The number of aliphatic hydroxyl groups is 1. The van der Waals surface area contributed by atoms with Crippen molar-refractivity contribution in [3.8, 4) is 5.75 Å². The van der Waals surface area contributed by atoms with E-state index in [1.165, 1.54) is 24.8 Å². The second-order valence-corrected chi connectivity index (χ2v) is 5.14. The van der Waals surface area contributed by atoms with Gasteiger partial charge in [0.25, 0.3) is 0 Å². The second-order valence-electron chi connectivity index (χ2n) is 5.14. The Kier molecular flexibility index (Phi) is 2.40. The van der Waals surface area contributed by atoms with Crippen LogP contribution in [0.15, 0.2) is 18.2 Å². The van der Waals surface area contributed by atoms with Gasteiger partial charge in [-0.05, 0) is 48.9 Å². The number of rotatable bonds is 2. The van der Waals surface area contributed by atoms with E-state index in [9.17, 15) is 5.11 Å². The van der Waals surface area contributed by atoms with E-state index >= 15 is 0 Å². The first-order chi connectivity index (χ1) is 7.74. The molecule has 2 aliphatic rings. The van der Waals surface area contributed by atoms with Gasteiger partial charge in [0.15, 0.2) is 0 Å². The maximum atomic E-state index is 10.2. The van der Waals surface area contributed by atoms with Gasteiger partial charge in [-0.2, -0.15) is 0 Å². The summed E-state index contributed by atoms with van der Waals surface area (Å²) in [5, 5.41) is 10.2. The lowest BCUT2D eigenvalue weighted by Gasteiger charge is -2.30. The van der Waals surface area contributed by atoms with Crippen LogP contribution >= 0.6 is 0 Å². The van der Waals surface area contributed by atoms with E-state index in [4.69, 9.17) is 4.74 Å². The molecular formula is C14H18O2. The van der Waals surface area contributed by atoms with Gasteiger partial charge in [0.05, 0.1) is 6.10 Å². The maximum absolute atomic E-state index is 10.2. The molecule has 2 unspecified atom stereocenters. The Bertz CT molecular complexity index is 396. The summed E-state index contributed by atoms with van der Waals surface area (Å²) in [5.41, 5.74) is 2.32. The van der Waals surface area contributed by atoms with Crippen LogP contribution < -0.4 is 4.74 Å². The molecule has 0 aromatic heterocycles. The van der Waals surface area contributed by atoms with Crippen LogP contribution in [-0.2, 0) is 6.42 Å². The van der Waals surface area contributed by atoms with Crippen LogP contribution in [0.1, 0.15) is 43.4 Å². The Morgan fingerprint density at radius 2 is 2.19 bits per heavy atom. The molecule has 0 saturated heterocycles. The smallest absolute Gasteiger partial charge is 0.123 e. The SMILES string of the molecule is CC1Cc2cc(C(O)C3CCC3)ccc2O1. The molecule has 1 aromatic carbocycles. The molecule has 2 heteroatoms. The van der Waals surface area contributed by atoms with Crippen molar-refractivity contribution < 1.29 is 9.84 Å². The predicted octanol–water partition coefficient (Wildman–Crippen LogP) is 2.84. The maximum Gasteiger partial charge on any atom is 0.123 e. The van der Waals surface area contributed by atoms with Crippen molar-refractivity contribution in [1.29, 1.82) is 0 Å². The van der Waals surface area contributed by atoms with Crippen molar-refractivity contribution in [3.63, 3.8) is 0 Å². The summed E-state index contributed by atoms with van der Waals surface area (Å²) in [6.45, 7) is 2.09. The fourth-order valence-electron chi connectivity index (χ4n) is 2.65. The number of hydrogen-bond donors (Lipinski definition) is 1. The van der Waals surface area contributed by atoms with E-state index in [1.54, 1.807) is 0 Å². The van der Waals surface area contributed by atoms with Crippen LogP contribution in [-0.4, -0.2) is 11.2 Å². The minimum Gasteiger partial charge on any atom is -0.490 e. The predicted molar refractivity (Wildman–Crippen MR) is 62.5 cm³/mol. The minimum absolute atomic E-state index is 0.269. The highest BCUT2D eigenvalue weighted by Crippen LogP contribution is 2.39. The summed E-state index contributed by atoms with van der Waals surface area (Å²) in [5.74, 6) is 1.48. The first-order valence-electron chi connectivity index (χ1n) is 6.21. The monoisotopic (exact) mass is 218 g/mol. The van der Waals surface area contributed by atoms with Crippen LogP contribution in [0.5, 0.6) is 5.75 Å². The van der Waals surface area contributed by atoms with Gasteiger partial charge in [-0.1, -0.05) is 12.5 Å². The third-order valence-corrected chi connectivity index (χ3v) is 3.86. The van der Waals surface area contributed by atoms with Crippen LogP contribution in [0.4, 0.5) is 0 Å². The van der Waals surface area contributed by atoms with Crippen molar-refractivity contribution in [2.24, 2.45) is 5.92 Å². The lowest BCUT2D eigenvalue weighted by Crippen LogP contribution is -2.19. The van der Waals surface area contributed by atoms with Gasteiger partial charge in [0, 0.05) is 6.42 Å². The van der Waals surface area contributed by atoms with E-state index in [2.05, 4.69) is 13.0 Å². The third kappa shape index (κ3) is 1.61. The zero-order valence-electron chi connectivity index (χ0n) is 9.65. The summed E-state index contributed by atoms with van der Waals surface area (Å²) in [7, 11) is 0. The van der Waals surface area contributed by atoms with Crippen molar-refractivity contribution in [3.05, 3.63) is 29.3 Å². The molecule has 0 spiro atoms. The molecule has 0 bridgehead atoms. The summed E-state index contributed by atoms with van der Waals surface area (Å²) in [6, 6.07) is 6.15. The normalized spacial score (nSPS) is 25.8. The molecule has 86 valence electrons. The number of ether oxygens (including phenoxy) is 1. The van der Waals surface area contributed by atoms with Crippen molar-refractivity contribution in [2.45, 2.75) is 44.8 Å². The molecule has 3 rings (SSSR count). The first-order valence-corrected chi connectivity index (χ1v) is 6.21. The quantitative estimate of drug-likeness (QED) is 0.827. The molecule has 16 heavy (non-hydrogen) atoms. The van der Waals surface area contributed by atoms with Crippen molar-refractivity contribution in [2.75, 3.05) is 0 Å². The fraction of sp³-hybridized carbons (Fsp3) is 0.571. The highest BCUT2D eigenvalue weighted by molar-refractivity contribution is 5.41. The lowest BCUT2D eigenvalue weighted by atomic mass is 9.78. The van der Waals surface area contributed by atoms with E-state index < -0.39 is 0 Å². The highest BCUT2D eigenvalue weighted by atomic mass is 16.5. The van der Waals surface area contributed by atoms with E-state index in [-0.39, 0.29) is 12.2 Å². The standard InChI is InChI=1S/C14H18O2/c1-9-7-12-8-11(5-6-13(12)16-9)14(15)10-3-2-4-10/h5-6,8-10,14-15H,2-4,7H2,1H3. The van der Waals surface area contributed by atoms with Crippen LogP contribution in [0.25, 0.3) is 0 Å². The van der Waals surface area contributed by atoms with Crippen LogP contribution in [0, 0.1) is 5.92 Å². The van der Waals surface area contributed by atoms with Gasteiger partial charge in [0.2, 0.25) is 0 Å². The molecule has 1 aliphatic carbocycles. The third-order valence-electron chi connectivity index (χ3n) is 3.86. The summed E-state index contributed by atoms with van der Waals surface area (Å²) in [6.07, 6.45) is 4.60. The fourth-order valence-corrected chi connectivity index (χ4v) is 2.65. The number of aliphatic hydroxyl groups excluding tert-OH is 1. The Morgan fingerprint density at radius 3 is 2.88 bits per heavy atom. The summed E-state index contributed by atoms with van der Waals surface area (Å²) < 4.78 is 5.66. The summed E-state index contributed by atoms with van der Waals surface area (Å²) >= 11 is 0. The summed E-state index contributed by atoms with van der Waals surface area (Å²) in [4.78, 5) is 0. The molecule has 0 amide bonds. The highest BCUT2D eigenvalue weighted by Gasteiger charge is 2.28. The molecule has 1 saturated carbocycles. The van der Waals surface area contributed by atoms with Gasteiger partial charge in [-0.25, -0.2) is 0 Å².